The van der Waals surface area contributed by atoms with Crippen molar-refractivity contribution in [1.82, 2.24) is 15.5 Å². The molecule has 0 aliphatic carbocycles. The summed E-state index contributed by atoms with van der Waals surface area (Å²) in [7, 11) is 1.65. The minimum atomic E-state index is -0.182. The van der Waals surface area contributed by atoms with Gasteiger partial charge in [-0.2, -0.15) is 0 Å². The maximum Gasteiger partial charge on any atom is 0.272 e. The molecule has 0 radical (unpaired) electrons. The highest BCUT2D eigenvalue weighted by Crippen LogP contribution is 2.30. The number of hydrogen-bond acceptors (Lipinski definition) is 5. The number of carbonyl (C=O) groups excluding carboxylic acids is 1. The second-order valence-corrected chi connectivity index (χ2v) is 6.56. The maximum atomic E-state index is 12.5. The van der Waals surface area contributed by atoms with Crippen LogP contribution in [0.4, 0.5) is 5.82 Å². The highest BCUT2D eigenvalue weighted by molar-refractivity contribution is 6.07. The Morgan fingerprint density at radius 1 is 1.28 bits per heavy atom. The summed E-state index contributed by atoms with van der Waals surface area (Å²) in [5.74, 6) is 0.705. The minimum absolute atomic E-state index is 0.182. The van der Waals surface area contributed by atoms with Crippen LogP contribution in [0.5, 0.6) is 0 Å². The fourth-order valence-corrected chi connectivity index (χ4v) is 3.38. The van der Waals surface area contributed by atoms with Crippen LogP contribution in [0, 0.1) is 0 Å². The number of amides is 1. The number of fused-ring (bicyclic) bond motifs is 1. The number of ether oxygens (including phenoxy) is 1. The second-order valence-electron chi connectivity index (χ2n) is 6.56. The third-order valence-corrected chi connectivity index (χ3v) is 4.77. The molecule has 2 heterocycles. The van der Waals surface area contributed by atoms with E-state index in [1.165, 1.54) is 12.8 Å². The summed E-state index contributed by atoms with van der Waals surface area (Å²) in [6.07, 6.45) is 4.36. The molecule has 1 atom stereocenters. The van der Waals surface area contributed by atoms with Crippen LogP contribution < -0.4 is 10.2 Å². The molecule has 3 rings (SSSR count). The average molecular weight is 342 g/mol. The van der Waals surface area contributed by atoms with Gasteiger partial charge in [0.1, 0.15) is 0 Å². The van der Waals surface area contributed by atoms with Crippen LogP contribution in [0.2, 0.25) is 0 Å². The van der Waals surface area contributed by atoms with E-state index in [0.29, 0.717) is 24.9 Å². The number of nitrogens with zero attached hydrogens (tertiary/aromatic N) is 3. The van der Waals surface area contributed by atoms with Crippen molar-refractivity contribution in [2.45, 2.75) is 38.6 Å². The van der Waals surface area contributed by atoms with E-state index in [1.807, 2.05) is 24.3 Å². The summed E-state index contributed by atoms with van der Waals surface area (Å²) < 4.78 is 5.01. The van der Waals surface area contributed by atoms with Gasteiger partial charge in [0.25, 0.3) is 5.91 Å². The smallest absolute Gasteiger partial charge is 0.272 e. The lowest BCUT2D eigenvalue weighted by molar-refractivity contribution is 0.0944. The zero-order valence-electron chi connectivity index (χ0n) is 15.0. The number of anilines is 1. The van der Waals surface area contributed by atoms with Crippen molar-refractivity contribution in [2.75, 3.05) is 31.7 Å². The largest absolute Gasteiger partial charge is 0.385 e. The highest BCUT2D eigenvalue weighted by Gasteiger charge is 2.23. The molecule has 0 saturated carbocycles. The number of aromatic nitrogens is 2. The molecule has 1 unspecified atom stereocenters. The summed E-state index contributed by atoms with van der Waals surface area (Å²) in [5.41, 5.74) is 0.390. The first-order valence-electron chi connectivity index (χ1n) is 9.01. The lowest BCUT2D eigenvalue weighted by Crippen LogP contribution is -2.38. The second kappa shape index (κ2) is 8.25. The SMILES string of the molecule is COCCCNC(=O)c1nnc(N2CCCCC2C)c2ccccc12. The first-order valence-corrected chi connectivity index (χ1v) is 9.01. The van der Waals surface area contributed by atoms with E-state index in [4.69, 9.17) is 4.74 Å². The van der Waals surface area contributed by atoms with Crippen LogP contribution in [0.25, 0.3) is 10.8 Å². The third-order valence-electron chi connectivity index (χ3n) is 4.77. The Kier molecular flexibility index (Phi) is 5.81. The van der Waals surface area contributed by atoms with Gasteiger partial charge in [-0.1, -0.05) is 24.3 Å². The predicted molar refractivity (Wildman–Crippen MR) is 99.0 cm³/mol. The standard InChI is InChI=1S/C19H26N4O2/c1-14-8-5-6-12-23(14)18-16-10-4-3-9-15(16)17(21-22-18)19(24)20-11-7-13-25-2/h3-4,9-10,14H,5-8,11-13H2,1-2H3,(H,20,24). The molecular weight excluding hydrogens is 316 g/mol. The summed E-state index contributed by atoms with van der Waals surface area (Å²) in [6, 6.07) is 8.35. The summed E-state index contributed by atoms with van der Waals surface area (Å²) in [5, 5.41) is 13.5. The van der Waals surface area contributed by atoms with E-state index in [1.54, 1.807) is 7.11 Å². The number of piperidine rings is 1. The van der Waals surface area contributed by atoms with Gasteiger partial charge in [-0.05, 0) is 32.6 Å². The Labute approximate surface area is 148 Å². The molecule has 1 aromatic carbocycles. The molecule has 1 aliphatic rings. The van der Waals surface area contributed by atoms with Gasteiger partial charge < -0.3 is 15.0 Å². The summed E-state index contributed by atoms with van der Waals surface area (Å²) in [6.45, 7) is 4.40. The van der Waals surface area contributed by atoms with Gasteiger partial charge in [0.2, 0.25) is 0 Å². The summed E-state index contributed by atoms with van der Waals surface area (Å²) >= 11 is 0. The van der Waals surface area contributed by atoms with Crippen LogP contribution in [0.15, 0.2) is 24.3 Å². The highest BCUT2D eigenvalue weighted by atomic mass is 16.5. The van der Waals surface area contributed by atoms with Gasteiger partial charge in [0, 0.05) is 43.6 Å². The van der Waals surface area contributed by atoms with Gasteiger partial charge in [-0.3, -0.25) is 4.79 Å². The molecule has 1 saturated heterocycles. The molecule has 6 nitrogen and oxygen atoms in total. The third kappa shape index (κ3) is 3.90. The topological polar surface area (TPSA) is 67.3 Å². The molecule has 1 amide bonds. The molecule has 1 aromatic heterocycles. The number of benzene rings is 1. The van der Waals surface area contributed by atoms with E-state index in [-0.39, 0.29) is 5.91 Å². The van der Waals surface area contributed by atoms with Crippen LogP contribution in [0.3, 0.4) is 0 Å². The van der Waals surface area contributed by atoms with E-state index in [2.05, 4.69) is 27.3 Å². The first-order chi connectivity index (χ1) is 12.2. The zero-order valence-corrected chi connectivity index (χ0v) is 15.0. The van der Waals surface area contributed by atoms with Crippen molar-refractivity contribution in [2.24, 2.45) is 0 Å². The molecule has 6 heteroatoms. The van der Waals surface area contributed by atoms with Gasteiger partial charge in [0.05, 0.1) is 0 Å². The first kappa shape index (κ1) is 17.6. The lowest BCUT2D eigenvalue weighted by atomic mass is 10.0. The van der Waals surface area contributed by atoms with Crippen molar-refractivity contribution >= 4 is 22.5 Å². The van der Waals surface area contributed by atoms with E-state index >= 15 is 0 Å². The van der Waals surface area contributed by atoms with Gasteiger partial charge in [-0.15, -0.1) is 10.2 Å². The molecule has 1 N–H and O–H groups in total. The molecule has 2 aromatic rings. The van der Waals surface area contributed by atoms with Crippen molar-refractivity contribution in [3.05, 3.63) is 30.0 Å². The lowest BCUT2D eigenvalue weighted by Gasteiger charge is -2.34. The van der Waals surface area contributed by atoms with Gasteiger partial charge in [-0.25, -0.2) is 0 Å². The average Bonchev–Trinajstić information content (AvgIpc) is 2.65. The number of methoxy groups -OCH3 is 1. The molecular formula is C19H26N4O2. The monoisotopic (exact) mass is 342 g/mol. The van der Waals surface area contributed by atoms with Crippen LogP contribution in [-0.4, -0.2) is 49.0 Å². The van der Waals surface area contributed by atoms with Crippen molar-refractivity contribution in [1.29, 1.82) is 0 Å². The number of carbonyl (C=O) groups is 1. The fourth-order valence-electron chi connectivity index (χ4n) is 3.38. The number of nitrogens with one attached hydrogen (secondary N) is 1. The molecule has 0 spiro atoms. The predicted octanol–water partition coefficient (Wildman–Crippen LogP) is 2.77. The van der Waals surface area contributed by atoms with Crippen LogP contribution >= 0.6 is 0 Å². The number of rotatable bonds is 6. The zero-order chi connectivity index (χ0) is 17.6. The van der Waals surface area contributed by atoms with Crippen molar-refractivity contribution in [3.8, 4) is 0 Å². The van der Waals surface area contributed by atoms with Crippen molar-refractivity contribution in [3.63, 3.8) is 0 Å². The summed E-state index contributed by atoms with van der Waals surface area (Å²) in [4.78, 5) is 14.8. The Balaban J connectivity index is 1.89. The molecule has 134 valence electrons. The Morgan fingerprint density at radius 2 is 2.08 bits per heavy atom. The van der Waals surface area contributed by atoms with Crippen LogP contribution in [0.1, 0.15) is 43.1 Å². The fraction of sp³-hybridized carbons (Fsp3) is 0.526. The van der Waals surface area contributed by atoms with Crippen LogP contribution in [-0.2, 0) is 4.74 Å². The van der Waals surface area contributed by atoms with Crippen molar-refractivity contribution < 1.29 is 9.53 Å². The molecule has 0 bridgehead atoms. The molecule has 25 heavy (non-hydrogen) atoms. The number of hydrogen-bond donors (Lipinski definition) is 1. The van der Waals surface area contributed by atoms with E-state index in [0.717, 1.165) is 36.0 Å². The normalized spacial score (nSPS) is 17.7. The van der Waals surface area contributed by atoms with E-state index in [9.17, 15) is 4.79 Å². The minimum Gasteiger partial charge on any atom is -0.385 e. The van der Waals surface area contributed by atoms with Gasteiger partial charge in [0.15, 0.2) is 11.5 Å². The quantitative estimate of drug-likeness (QED) is 0.818. The van der Waals surface area contributed by atoms with E-state index < -0.39 is 0 Å². The maximum absolute atomic E-state index is 12.5. The Hall–Kier alpha value is -2.21. The Morgan fingerprint density at radius 3 is 2.84 bits per heavy atom. The van der Waals surface area contributed by atoms with Gasteiger partial charge >= 0.3 is 0 Å². The molecule has 1 aliphatic heterocycles. The molecule has 1 fully saturated rings. The Bertz CT molecular complexity index is 734.